The Balaban J connectivity index is 1.64. The van der Waals surface area contributed by atoms with Crippen molar-refractivity contribution >= 4 is 0 Å². The van der Waals surface area contributed by atoms with Crippen LogP contribution in [0.2, 0.25) is 0 Å². The molecule has 0 aromatic rings. The van der Waals surface area contributed by atoms with Gasteiger partial charge in [0.1, 0.15) is 0 Å². The second-order valence-electron chi connectivity index (χ2n) is 8.53. The zero-order valence-electron chi connectivity index (χ0n) is 18.1. The summed E-state index contributed by atoms with van der Waals surface area (Å²) in [4.78, 5) is 0. The summed E-state index contributed by atoms with van der Waals surface area (Å²) >= 11 is 0. The molecule has 0 saturated carbocycles. The summed E-state index contributed by atoms with van der Waals surface area (Å²) in [5, 5.41) is 0. The summed E-state index contributed by atoms with van der Waals surface area (Å²) in [6.45, 7) is 2.30. The van der Waals surface area contributed by atoms with Crippen molar-refractivity contribution in [3.63, 3.8) is 0 Å². The molecule has 0 atom stereocenters. The SMILES string of the molecule is CCCCCCCCCCCCCCCCCCCCCC1=CCC=C1. The van der Waals surface area contributed by atoms with E-state index in [1.165, 1.54) is 135 Å². The Bertz CT molecular complexity index is 336. The first-order valence-electron chi connectivity index (χ1n) is 12.3. The van der Waals surface area contributed by atoms with E-state index in [2.05, 4.69) is 25.2 Å². The summed E-state index contributed by atoms with van der Waals surface area (Å²) in [5.74, 6) is 0. The molecule has 1 aliphatic carbocycles. The van der Waals surface area contributed by atoms with Crippen molar-refractivity contribution in [2.45, 2.75) is 142 Å². The molecule has 0 aromatic carbocycles. The Hall–Kier alpha value is -0.520. The molecule has 0 fully saturated rings. The molecule has 1 aliphatic rings. The van der Waals surface area contributed by atoms with Crippen LogP contribution >= 0.6 is 0 Å². The highest BCUT2D eigenvalue weighted by atomic mass is 14.0. The molecule has 0 heterocycles. The van der Waals surface area contributed by atoms with Crippen LogP contribution in [0, 0.1) is 0 Å². The predicted octanol–water partition coefficient (Wildman–Crippen LogP) is 9.69. The lowest BCUT2D eigenvalue weighted by Gasteiger charge is -2.04. The lowest BCUT2D eigenvalue weighted by atomic mass is 10.0. The molecule has 0 radical (unpaired) electrons. The van der Waals surface area contributed by atoms with Crippen molar-refractivity contribution in [1.82, 2.24) is 0 Å². The van der Waals surface area contributed by atoms with Crippen LogP contribution in [0.4, 0.5) is 0 Å². The molecule has 0 aliphatic heterocycles. The minimum Gasteiger partial charge on any atom is -0.0805 e. The van der Waals surface area contributed by atoms with Gasteiger partial charge in [-0.1, -0.05) is 146 Å². The zero-order chi connectivity index (χ0) is 18.5. The predicted molar refractivity (Wildman–Crippen MR) is 120 cm³/mol. The fourth-order valence-corrected chi connectivity index (χ4v) is 4.10. The van der Waals surface area contributed by atoms with Gasteiger partial charge in [0.15, 0.2) is 0 Å². The van der Waals surface area contributed by atoms with Crippen LogP contribution in [0.5, 0.6) is 0 Å². The van der Waals surface area contributed by atoms with Crippen LogP contribution in [0.25, 0.3) is 0 Å². The third-order valence-corrected chi connectivity index (χ3v) is 5.92. The van der Waals surface area contributed by atoms with E-state index in [0.717, 1.165) is 0 Å². The summed E-state index contributed by atoms with van der Waals surface area (Å²) in [6, 6.07) is 0. The van der Waals surface area contributed by atoms with Crippen molar-refractivity contribution in [1.29, 1.82) is 0 Å². The highest BCUT2D eigenvalue weighted by Gasteiger charge is 1.98. The first kappa shape index (κ1) is 23.5. The van der Waals surface area contributed by atoms with Gasteiger partial charge >= 0.3 is 0 Å². The Labute approximate surface area is 165 Å². The maximum Gasteiger partial charge on any atom is -0.0160 e. The van der Waals surface area contributed by atoms with E-state index in [-0.39, 0.29) is 0 Å². The van der Waals surface area contributed by atoms with Crippen LogP contribution in [-0.2, 0) is 0 Å². The second kappa shape index (κ2) is 19.2. The van der Waals surface area contributed by atoms with Gasteiger partial charge in [-0.2, -0.15) is 0 Å². The van der Waals surface area contributed by atoms with Gasteiger partial charge in [-0.3, -0.25) is 0 Å². The molecule has 26 heavy (non-hydrogen) atoms. The molecule has 1 rings (SSSR count). The maximum absolute atomic E-state index is 2.38. The van der Waals surface area contributed by atoms with E-state index in [1.807, 2.05) is 0 Å². The average molecular weight is 361 g/mol. The van der Waals surface area contributed by atoms with Gasteiger partial charge in [0, 0.05) is 0 Å². The van der Waals surface area contributed by atoms with Gasteiger partial charge in [-0.15, -0.1) is 0 Å². The summed E-state index contributed by atoms with van der Waals surface area (Å²) in [6.07, 6.45) is 37.3. The van der Waals surface area contributed by atoms with Crippen molar-refractivity contribution in [3.8, 4) is 0 Å². The van der Waals surface area contributed by atoms with Crippen molar-refractivity contribution in [3.05, 3.63) is 23.8 Å². The average Bonchev–Trinajstić information content (AvgIpc) is 3.17. The van der Waals surface area contributed by atoms with E-state index in [4.69, 9.17) is 0 Å². The fourth-order valence-electron chi connectivity index (χ4n) is 4.10. The number of hydrogen-bond donors (Lipinski definition) is 0. The van der Waals surface area contributed by atoms with Gasteiger partial charge in [-0.05, 0) is 19.3 Å². The van der Waals surface area contributed by atoms with Crippen LogP contribution in [0.3, 0.4) is 0 Å². The molecular formula is C26H48. The maximum atomic E-state index is 2.38. The topological polar surface area (TPSA) is 0 Å². The number of rotatable bonds is 20. The minimum absolute atomic E-state index is 1.18. The first-order valence-corrected chi connectivity index (χ1v) is 12.3. The summed E-state index contributed by atoms with van der Waals surface area (Å²) < 4.78 is 0. The molecule has 0 spiro atoms. The monoisotopic (exact) mass is 360 g/mol. The lowest BCUT2D eigenvalue weighted by molar-refractivity contribution is 0.523. The van der Waals surface area contributed by atoms with E-state index in [1.54, 1.807) is 5.57 Å². The molecule has 152 valence electrons. The Kier molecular flexibility index (Phi) is 17.4. The Morgan fingerprint density at radius 1 is 0.538 bits per heavy atom. The summed E-state index contributed by atoms with van der Waals surface area (Å²) in [7, 11) is 0. The Morgan fingerprint density at radius 3 is 1.27 bits per heavy atom. The van der Waals surface area contributed by atoms with E-state index < -0.39 is 0 Å². The standard InChI is InChI=1S/C26H48/c1-2-3-4-5-6-7-8-9-10-11-12-13-14-15-16-17-18-19-20-23-26-24-21-22-25-26/h21,24-25H,2-20,22-23H2,1H3. The molecule has 0 nitrogen and oxygen atoms in total. The van der Waals surface area contributed by atoms with Crippen LogP contribution in [0.1, 0.15) is 142 Å². The van der Waals surface area contributed by atoms with Gasteiger partial charge < -0.3 is 0 Å². The third-order valence-electron chi connectivity index (χ3n) is 5.92. The smallest absolute Gasteiger partial charge is 0.0160 e. The second-order valence-corrected chi connectivity index (χ2v) is 8.53. The quantitative estimate of drug-likeness (QED) is 0.189. The normalized spacial score (nSPS) is 13.5. The molecule has 0 amide bonds. The molecule has 0 bridgehead atoms. The zero-order valence-corrected chi connectivity index (χ0v) is 18.1. The Morgan fingerprint density at radius 2 is 0.923 bits per heavy atom. The third kappa shape index (κ3) is 15.7. The van der Waals surface area contributed by atoms with Gasteiger partial charge in [0.25, 0.3) is 0 Å². The van der Waals surface area contributed by atoms with Gasteiger partial charge in [0.05, 0.1) is 0 Å². The van der Waals surface area contributed by atoms with Crippen molar-refractivity contribution in [2.24, 2.45) is 0 Å². The van der Waals surface area contributed by atoms with Crippen LogP contribution in [0.15, 0.2) is 23.8 Å². The van der Waals surface area contributed by atoms with Gasteiger partial charge in [0.2, 0.25) is 0 Å². The van der Waals surface area contributed by atoms with E-state index in [0.29, 0.717) is 0 Å². The van der Waals surface area contributed by atoms with E-state index in [9.17, 15) is 0 Å². The summed E-state index contributed by atoms with van der Waals surface area (Å²) in [5.41, 5.74) is 1.58. The molecule has 0 N–H and O–H groups in total. The van der Waals surface area contributed by atoms with Crippen molar-refractivity contribution in [2.75, 3.05) is 0 Å². The van der Waals surface area contributed by atoms with Crippen LogP contribution < -0.4 is 0 Å². The molecule has 0 aromatic heterocycles. The highest BCUT2D eigenvalue weighted by molar-refractivity contribution is 5.25. The molecule has 0 unspecified atom stereocenters. The molecule has 0 heteroatoms. The number of unbranched alkanes of at least 4 members (excludes halogenated alkanes) is 18. The number of hydrogen-bond acceptors (Lipinski definition) is 0. The number of allylic oxidation sites excluding steroid dienone is 4. The first-order chi connectivity index (χ1) is 12.9. The van der Waals surface area contributed by atoms with Crippen molar-refractivity contribution < 1.29 is 0 Å². The fraction of sp³-hybridized carbons (Fsp3) is 0.846. The highest BCUT2D eigenvalue weighted by Crippen LogP contribution is 2.18. The molecule has 0 saturated heterocycles. The van der Waals surface area contributed by atoms with Crippen LogP contribution in [-0.4, -0.2) is 0 Å². The minimum atomic E-state index is 1.18. The molecular weight excluding hydrogens is 312 g/mol. The van der Waals surface area contributed by atoms with E-state index >= 15 is 0 Å². The lowest BCUT2D eigenvalue weighted by Crippen LogP contribution is -1.84. The van der Waals surface area contributed by atoms with Gasteiger partial charge in [-0.25, -0.2) is 0 Å². The largest absolute Gasteiger partial charge is 0.0805 e.